The molecule has 3 nitrogen and oxygen atoms in total. The van der Waals surface area contributed by atoms with Gasteiger partial charge < -0.3 is 14.3 Å². The van der Waals surface area contributed by atoms with Crippen molar-refractivity contribution < 1.29 is 14.3 Å². The number of aryl methyl sites for hydroxylation is 1. The van der Waals surface area contributed by atoms with Crippen LogP contribution in [0, 0.1) is 23.7 Å². The van der Waals surface area contributed by atoms with Gasteiger partial charge in [-0.25, -0.2) is 0 Å². The van der Waals surface area contributed by atoms with Crippen LogP contribution in [-0.2, 0) is 20.7 Å². The molecule has 1 rings (SSSR count). The molecule has 0 aliphatic carbocycles. The Bertz CT molecular complexity index is 754. The van der Waals surface area contributed by atoms with Gasteiger partial charge in [-0.05, 0) is 37.8 Å². The fourth-order valence-electron chi connectivity index (χ4n) is 2.76. The summed E-state index contributed by atoms with van der Waals surface area (Å²) >= 11 is 0. The number of Topliss-reactive ketones (excluding diaryl/α,β-unsaturated/α-hetero) is 1. The summed E-state index contributed by atoms with van der Waals surface area (Å²) in [6, 6.07) is 10.4. The number of hydrogen-bond donors (Lipinski definition) is 0. The number of benzene rings is 1. The zero-order valence-electron chi connectivity index (χ0n) is 17.8. The van der Waals surface area contributed by atoms with Gasteiger partial charge >= 0.3 is 0 Å². The van der Waals surface area contributed by atoms with Crippen molar-refractivity contribution in [2.24, 2.45) is 0 Å². The van der Waals surface area contributed by atoms with Crippen LogP contribution < -0.4 is 0 Å². The highest BCUT2D eigenvalue weighted by molar-refractivity contribution is 5.75. The van der Waals surface area contributed by atoms with Crippen LogP contribution in [0.2, 0.25) is 0 Å². The number of carbonyl (C=O) groups is 1. The van der Waals surface area contributed by atoms with Crippen LogP contribution >= 0.6 is 0 Å². The van der Waals surface area contributed by atoms with Crippen molar-refractivity contribution in [2.75, 3.05) is 14.2 Å². The van der Waals surface area contributed by atoms with E-state index in [0.717, 1.165) is 25.7 Å². The van der Waals surface area contributed by atoms with Gasteiger partial charge in [-0.2, -0.15) is 0 Å². The SMILES string of the molecule is COC(/C=C/C=C/C#CCC#CCCc1ccccc1)C(CCCC(C)=O)OC. The second kappa shape index (κ2) is 16.4. The maximum atomic E-state index is 11.1. The molecule has 0 radical (unpaired) electrons. The van der Waals surface area contributed by atoms with E-state index in [1.165, 1.54) is 5.56 Å². The summed E-state index contributed by atoms with van der Waals surface area (Å²) in [6.45, 7) is 1.61. The molecular weight excluding hydrogens is 360 g/mol. The van der Waals surface area contributed by atoms with E-state index in [1.807, 2.05) is 36.4 Å². The van der Waals surface area contributed by atoms with Gasteiger partial charge in [-0.15, -0.1) is 5.92 Å². The molecule has 0 aliphatic heterocycles. The van der Waals surface area contributed by atoms with Crippen LogP contribution in [0.5, 0.6) is 0 Å². The van der Waals surface area contributed by atoms with Crippen molar-refractivity contribution in [1.29, 1.82) is 0 Å². The number of hydrogen-bond acceptors (Lipinski definition) is 3. The Kier molecular flexibility index (Phi) is 13.8. The fraction of sp³-hybridized carbons (Fsp3) is 0.423. The standard InChI is InChI=1S/C26H32O3/c1-23(27)17-16-22-26(29-3)25(28-2)21-15-10-8-6-4-5-7-9-12-18-24-19-13-11-14-20-24/h8,10-11,13-15,19-21,25-26H,5,12,16-18,22H2,1-3H3/b10-8+,21-15+. The van der Waals surface area contributed by atoms with Crippen molar-refractivity contribution >= 4 is 5.78 Å². The smallest absolute Gasteiger partial charge is 0.129 e. The average Bonchev–Trinajstić information content (AvgIpc) is 2.73. The summed E-state index contributed by atoms with van der Waals surface area (Å²) in [5.41, 5.74) is 1.31. The Morgan fingerprint density at radius 1 is 1.07 bits per heavy atom. The lowest BCUT2D eigenvalue weighted by Gasteiger charge is -2.22. The Hall–Kier alpha value is -2.59. The zero-order chi connectivity index (χ0) is 21.2. The lowest BCUT2D eigenvalue weighted by Crippen LogP contribution is -2.28. The van der Waals surface area contributed by atoms with E-state index in [2.05, 4.69) is 35.8 Å². The Balaban J connectivity index is 2.31. The third-order valence-electron chi connectivity index (χ3n) is 4.34. The van der Waals surface area contributed by atoms with E-state index in [0.29, 0.717) is 12.8 Å². The van der Waals surface area contributed by atoms with Gasteiger partial charge in [-0.1, -0.05) is 66.3 Å². The number of allylic oxidation sites excluding steroid dienone is 3. The van der Waals surface area contributed by atoms with Gasteiger partial charge in [0.2, 0.25) is 0 Å². The van der Waals surface area contributed by atoms with Crippen LogP contribution in [0.1, 0.15) is 44.6 Å². The summed E-state index contributed by atoms with van der Waals surface area (Å²) in [7, 11) is 3.33. The van der Waals surface area contributed by atoms with Crippen LogP contribution in [-0.4, -0.2) is 32.2 Å². The van der Waals surface area contributed by atoms with E-state index in [4.69, 9.17) is 9.47 Å². The first-order valence-corrected chi connectivity index (χ1v) is 10.0. The molecule has 2 atom stereocenters. The van der Waals surface area contributed by atoms with Crippen LogP contribution in [0.25, 0.3) is 0 Å². The molecular formula is C26H32O3. The molecule has 0 saturated heterocycles. The van der Waals surface area contributed by atoms with Gasteiger partial charge in [-0.3, -0.25) is 0 Å². The topological polar surface area (TPSA) is 35.5 Å². The normalized spacial score (nSPS) is 12.8. The molecule has 1 aromatic rings. The number of carbonyl (C=O) groups excluding carboxylic acids is 1. The van der Waals surface area contributed by atoms with Crippen LogP contribution in [0.3, 0.4) is 0 Å². The fourth-order valence-corrected chi connectivity index (χ4v) is 2.76. The van der Waals surface area contributed by atoms with Gasteiger partial charge in [0.15, 0.2) is 0 Å². The number of ether oxygens (including phenoxy) is 2. The first-order valence-electron chi connectivity index (χ1n) is 10.0. The molecule has 1 aromatic carbocycles. The summed E-state index contributed by atoms with van der Waals surface area (Å²) in [4.78, 5) is 11.1. The maximum Gasteiger partial charge on any atom is 0.129 e. The molecule has 0 aromatic heterocycles. The molecule has 29 heavy (non-hydrogen) atoms. The third kappa shape index (κ3) is 12.5. The van der Waals surface area contributed by atoms with Gasteiger partial charge in [0.25, 0.3) is 0 Å². The van der Waals surface area contributed by atoms with Gasteiger partial charge in [0, 0.05) is 27.1 Å². The van der Waals surface area contributed by atoms with E-state index >= 15 is 0 Å². The molecule has 0 heterocycles. The molecule has 154 valence electrons. The Morgan fingerprint density at radius 2 is 1.86 bits per heavy atom. The van der Waals surface area contributed by atoms with Gasteiger partial charge in [0.1, 0.15) is 11.9 Å². The highest BCUT2D eigenvalue weighted by Gasteiger charge is 2.17. The molecule has 0 bridgehead atoms. The van der Waals surface area contributed by atoms with Crippen LogP contribution in [0.4, 0.5) is 0 Å². The molecule has 0 amide bonds. The van der Waals surface area contributed by atoms with E-state index < -0.39 is 0 Å². The molecule has 0 spiro atoms. The molecule has 0 N–H and O–H groups in total. The summed E-state index contributed by atoms with van der Waals surface area (Å²) in [5, 5.41) is 0. The van der Waals surface area contributed by atoms with Crippen molar-refractivity contribution in [3.63, 3.8) is 0 Å². The maximum absolute atomic E-state index is 11.1. The largest absolute Gasteiger partial charge is 0.378 e. The second-order valence-electron chi connectivity index (χ2n) is 6.65. The van der Waals surface area contributed by atoms with Crippen molar-refractivity contribution in [1.82, 2.24) is 0 Å². The zero-order valence-corrected chi connectivity index (χ0v) is 17.8. The second-order valence-corrected chi connectivity index (χ2v) is 6.65. The molecule has 3 heteroatoms. The highest BCUT2D eigenvalue weighted by Crippen LogP contribution is 2.13. The summed E-state index contributed by atoms with van der Waals surface area (Å²) in [5.74, 6) is 12.5. The number of rotatable bonds is 11. The minimum absolute atomic E-state index is 0.0683. The number of ketones is 1. The summed E-state index contributed by atoms with van der Waals surface area (Å²) < 4.78 is 11.0. The number of methoxy groups -OCH3 is 2. The van der Waals surface area contributed by atoms with E-state index in [1.54, 1.807) is 27.2 Å². The van der Waals surface area contributed by atoms with Crippen molar-refractivity contribution in [2.45, 2.75) is 57.7 Å². The molecule has 0 fully saturated rings. The van der Waals surface area contributed by atoms with Crippen molar-refractivity contribution in [3.05, 3.63) is 60.2 Å². The van der Waals surface area contributed by atoms with E-state index in [-0.39, 0.29) is 18.0 Å². The predicted molar refractivity (Wildman–Crippen MR) is 119 cm³/mol. The van der Waals surface area contributed by atoms with Gasteiger partial charge in [0.05, 0.1) is 12.5 Å². The lowest BCUT2D eigenvalue weighted by atomic mass is 10.0. The Labute approximate surface area is 176 Å². The molecule has 0 aliphatic rings. The van der Waals surface area contributed by atoms with Crippen LogP contribution in [0.15, 0.2) is 54.6 Å². The lowest BCUT2D eigenvalue weighted by molar-refractivity contribution is -0.117. The Morgan fingerprint density at radius 3 is 2.55 bits per heavy atom. The molecule has 0 saturated carbocycles. The molecule has 2 unspecified atom stereocenters. The van der Waals surface area contributed by atoms with Crippen molar-refractivity contribution in [3.8, 4) is 23.7 Å². The first kappa shape index (κ1) is 24.4. The first-order chi connectivity index (χ1) is 14.2. The summed E-state index contributed by atoms with van der Waals surface area (Å²) in [6.07, 6.45) is 11.9. The van der Waals surface area contributed by atoms with E-state index in [9.17, 15) is 4.79 Å². The third-order valence-corrected chi connectivity index (χ3v) is 4.34. The minimum Gasteiger partial charge on any atom is -0.378 e. The predicted octanol–water partition coefficient (Wildman–Crippen LogP) is 4.92. The quantitative estimate of drug-likeness (QED) is 0.396. The monoisotopic (exact) mass is 392 g/mol. The average molecular weight is 393 g/mol. The minimum atomic E-state index is -0.153. The highest BCUT2D eigenvalue weighted by atomic mass is 16.5.